The molecule has 1 atom stereocenters. The Bertz CT molecular complexity index is 928. The summed E-state index contributed by atoms with van der Waals surface area (Å²) in [5.41, 5.74) is -0.213. The molecule has 3 rings (SSSR count). The van der Waals surface area contributed by atoms with Crippen molar-refractivity contribution in [2.24, 2.45) is 0 Å². The van der Waals surface area contributed by atoms with Gasteiger partial charge in [-0.2, -0.15) is 0 Å². The number of methoxy groups -OCH3 is 1. The van der Waals surface area contributed by atoms with E-state index in [1.54, 1.807) is 6.92 Å². The van der Waals surface area contributed by atoms with E-state index in [9.17, 15) is 28.0 Å². The zero-order valence-corrected chi connectivity index (χ0v) is 19.1. The van der Waals surface area contributed by atoms with Gasteiger partial charge in [0.25, 0.3) is 0 Å². The van der Waals surface area contributed by atoms with Gasteiger partial charge in [-0.05, 0) is 6.42 Å². The van der Waals surface area contributed by atoms with Gasteiger partial charge >= 0.3 is 12.1 Å². The second-order valence-electron chi connectivity index (χ2n) is 7.99. The van der Waals surface area contributed by atoms with Crippen LogP contribution in [0.4, 0.5) is 25.0 Å². The molecule has 0 radical (unpaired) electrons. The molecular formula is C22H28F2N4O6. The van der Waals surface area contributed by atoms with Gasteiger partial charge in [0.05, 0.1) is 25.9 Å². The van der Waals surface area contributed by atoms with Crippen molar-refractivity contribution in [1.29, 1.82) is 0 Å². The highest BCUT2D eigenvalue weighted by Crippen LogP contribution is 2.32. The number of nitrogens with one attached hydrogen (secondary N) is 1. The first-order chi connectivity index (χ1) is 16.2. The molecule has 3 amide bonds. The van der Waals surface area contributed by atoms with E-state index in [4.69, 9.17) is 4.74 Å². The number of carbonyl (C=O) groups is 4. The molecule has 12 heteroatoms. The molecule has 1 N–H and O–H groups in total. The van der Waals surface area contributed by atoms with Crippen molar-refractivity contribution in [2.75, 3.05) is 56.2 Å². The minimum atomic E-state index is -0.837. The highest BCUT2D eigenvalue weighted by Gasteiger charge is 2.34. The number of piperazine rings is 1. The number of cyclic esters (lactones) is 1. The molecule has 0 aromatic heterocycles. The zero-order valence-electron chi connectivity index (χ0n) is 19.1. The van der Waals surface area contributed by atoms with Crippen LogP contribution in [0, 0.1) is 11.6 Å². The topological polar surface area (TPSA) is 108 Å². The maximum Gasteiger partial charge on any atom is 0.414 e. The molecule has 1 aromatic carbocycles. The smallest absolute Gasteiger partial charge is 0.414 e. The summed E-state index contributed by atoms with van der Waals surface area (Å²) in [6, 6.07) is 2.14. The van der Waals surface area contributed by atoms with Crippen LogP contribution in [0.5, 0.6) is 0 Å². The summed E-state index contributed by atoms with van der Waals surface area (Å²) in [7, 11) is 1.26. The van der Waals surface area contributed by atoms with Crippen LogP contribution in [-0.4, -0.2) is 81.3 Å². The van der Waals surface area contributed by atoms with Gasteiger partial charge in [0, 0.05) is 51.2 Å². The second-order valence-corrected chi connectivity index (χ2v) is 7.99. The molecule has 0 spiro atoms. The Morgan fingerprint density at radius 2 is 1.79 bits per heavy atom. The number of amides is 3. The van der Waals surface area contributed by atoms with E-state index in [-0.39, 0.29) is 81.7 Å². The molecule has 0 aliphatic carbocycles. The quantitative estimate of drug-likeness (QED) is 0.559. The molecule has 2 aliphatic heterocycles. The maximum atomic E-state index is 14.9. The summed E-state index contributed by atoms with van der Waals surface area (Å²) >= 11 is 0. The predicted octanol–water partition coefficient (Wildman–Crippen LogP) is 1.42. The number of esters is 1. The first-order valence-corrected chi connectivity index (χ1v) is 11.1. The first kappa shape index (κ1) is 25.2. The van der Waals surface area contributed by atoms with Gasteiger partial charge in [-0.25, -0.2) is 13.6 Å². The van der Waals surface area contributed by atoms with Gasteiger partial charge in [0.15, 0.2) is 11.6 Å². The lowest BCUT2D eigenvalue weighted by Gasteiger charge is -2.36. The summed E-state index contributed by atoms with van der Waals surface area (Å²) in [6.07, 6.45) is -0.764. The summed E-state index contributed by atoms with van der Waals surface area (Å²) in [5.74, 6) is -2.60. The molecule has 10 nitrogen and oxygen atoms in total. The number of nitrogens with zero attached hydrogens (tertiary/aromatic N) is 3. The second kappa shape index (κ2) is 11.1. The normalized spacial score (nSPS) is 18.1. The molecule has 2 fully saturated rings. The standard InChI is InChI=1S/C22H28F2N4O6/c1-3-18(29)25-12-19(30)26-6-8-27(9-7-26)21-16(23)10-14(11-17(21)24)28-13-15(34-22(28)32)4-5-20(31)33-2/h10-11,15H,3-9,12-13H2,1-2H3,(H,25,29)/t15-/m0/s1. The van der Waals surface area contributed by atoms with Crippen LogP contribution in [0.3, 0.4) is 0 Å². The van der Waals surface area contributed by atoms with Crippen LogP contribution >= 0.6 is 0 Å². The van der Waals surface area contributed by atoms with E-state index in [0.29, 0.717) is 0 Å². The third-order valence-electron chi connectivity index (χ3n) is 5.79. The van der Waals surface area contributed by atoms with Crippen LogP contribution in [0.25, 0.3) is 0 Å². The molecule has 186 valence electrons. The number of benzene rings is 1. The maximum absolute atomic E-state index is 14.9. The number of carbonyl (C=O) groups excluding carboxylic acids is 4. The van der Waals surface area contributed by atoms with E-state index in [2.05, 4.69) is 10.1 Å². The van der Waals surface area contributed by atoms with Gasteiger partial charge in [0.1, 0.15) is 11.8 Å². The van der Waals surface area contributed by atoms with E-state index in [1.165, 1.54) is 16.9 Å². The van der Waals surface area contributed by atoms with Crippen LogP contribution in [0.15, 0.2) is 12.1 Å². The Kier molecular flexibility index (Phi) is 8.24. The van der Waals surface area contributed by atoms with E-state index >= 15 is 0 Å². The zero-order chi connectivity index (χ0) is 24.8. The van der Waals surface area contributed by atoms with E-state index < -0.39 is 29.8 Å². The monoisotopic (exact) mass is 482 g/mol. The molecule has 0 unspecified atom stereocenters. The van der Waals surface area contributed by atoms with Crippen LogP contribution in [-0.2, 0) is 23.9 Å². The van der Waals surface area contributed by atoms with Gasteiger partial charge in [-0.1, -0.05) is 6.92 Å². The van der Waals surface area contributed by atoms with Gasteiger partial charge in [-0.15, -0.1) is 0 Å². The minimum absolute atomic E-state index is 0.0183. The fraction of sp³-hybridized carbons (Fsp3) is 0.545. The molecular weight excluding hydrogens is 454 g/mol. The Labute approximate surface area is 195 Å². The fourth-order valence-corrected chi connectivity index (χ4v) is 3.86. The van der Waals surface area contributed by atoms with Crippen molar-refractivity contribution in [3.63, 3.8) is 0 Å². The minimum Gasteiger partial charge on any atom is -0.469 e. The highest BCUT2D eigenvalue weighted by molar-refractivity contribution is 5.90. The summed E-state index contributed by atoms with van der Waals surface area (Å²) in [4.78, 5) is 51.2. The first-order valence-electron chi connectivity index (χ1n) is 11.1. The average Bonchev–Trinajstić information content (AvgIpc) is 3.21. The molecule has 34 heavy (non-hydrogen) atoms. The van der Waals surface area contributed by atoms with Gasteiger partial charge in [0.2, 0.25) is 11.8 Å². The molecule has 2 saturated heterocycles. The Balaban J connectivity index is 1.61. The highest BCUT2D eigenvalue weighted by atomic mass is 19.1. The number of halogens is 2. The largest absolute Gasteiger partial charge is 0.469 e. The van der Waals surface area contributed by atoms with Crippen LogP contribution in [0.2, 0.25) is 0 Å². The van der Waals surface area contributed by atoms with Crippen molar-refractivity contribution in [3.8, 4) is 0 Å². The number of anilines is 2. The summed E-state index contributed by atoms with van der Waals surface area (Å²) < 4.78 is 39.6. The van der Waals surface area contributed by atoms with Crippen molar-refractivity contribution in [1.82, 2.24) is 10.2 Å². The third-order valence-corrected chi connectivity index (χ3v) is 5.79. The Hall–Kier alpha value is -3.44. The molecule has 0 bridgehead atoms. The van der Waals surface area contributed by atoms with Crippen LogP contribution < -0.4 is 15.1 Å². The predicted molar refractivity (Wildman–Crippen MR) is 117 cm³/mol. The third kappa shape index (κ3) is 5.91. The van der Waals surface area contributed by atoms with E-state index in [0.717, 1.165) is 17.0 Å². The molecule has 2 heterocycles. The van der Waals surface area contributed by atoms with Crippen LogP contribution in [0.1, 0.15) is 26.2 Å². The average molecular weight is 482 g/mol. The number of hydrogen-bond acceptors (Lipinski definition) is 7. The summed E-state index contributed by atoms with van der Waals surface area (Å²) in [6.45, 7) is 2.55. The molecule has 0 saturated carbocycles. The molecule has 1 aromatic rings. The lowest BCUT2D eigenvalue weighted by molar-refractivity contribution is -0.141. The number of rotatable bonds is 8. The van der Waals surface area contributed by atoms with Crippen molar-refractivity contribution in [2.45, 2.75) is 32.3 Å². The van der Waals surface area contributed by atoms with E-state index in [1.807, 2.05) is 0 Å². The number of ether oxygens (including phenoxy) is 2. The van der Waals surface area contributed by atoms with Gasteiger partial charge < -0.3 is 24.6 Å². The Morgan fingerprint density at radius 1 is 1.15 bits per heavy atom. The van der Waals surface area contributed by atoms with Gasteiger partial charge in [-0.3, -0.25) is 19.3 Å². The lowest BCUT2D eigenvalue weighted by Crippen LogP contribution is -2.51. The number of hydrogen-bond donors (Lipinski definition) is 1. The Morgan fingerprint density at radius 3 is 2.38 bits per heavy atom. The lowest BCUT2D eigenvalue weighted by atomic mass is 10.1. The summed E-state index contributed by atoms with van der Waals surface area (Å²) in [5, 5.41) is 2.52. The molecule has 2 aliphatic rings. The SMILES string of the molecule is CCC(=O)NCC(=O)N1CCN(c2c(F)cc(N3C[C@H](CCC(=O)OC)OC3=O)cc2F)CC1. The fourth-order valence-electron chi connectivity index (χ4n) is 3.86. The van der Waals surface area contributed by atoms with Crippen molar-refractivity contribution < 1.29 is 37.4 Å². The van der Waals surface area contributed by atoms with Crippen molar-refractivity contribution in [3.05, 3.63) is 23.8 Å². The van der Waals surface area contributed by atoms with Crippen molar-refractivity contribution >= 4 is 35.3 Å².